The van der Waals surface area contributed by atoms with E-state index in [0.29, 0.717) is 23.7 Å². The van der Waals surface area contributed by atoms with Crippen LogP contribution >= 0.6 is 11.6 Å². The Kier molecular flexibility index (Phi) is 6.65. The first-order chi connectivity index (χ1) is 9.88. The van der Waals surface area contributed by atoms with E-state index in [0.717, 1.165) is 0 Å². The molecule has 1 rings (SSSR count). The molecule has 0 saturated heterocycles. The lowest BCUT2D eigenvalue weighted by molar-refractivity contribution is -0.127. The molecular weight excluding hydrogens is 310 g/mol. The van der Waals surface area contributed by atoms with Gasteiger partial charge in [-0.15, -0.1) is 13.2 Å². The normalized spacial score (nSPS) is 10.9. The van der Waals surface area contributed by atoms with Gasteiger partial charge in [0.15, 0.2) is 9.84 Å². The minimum atomic E-state index is -3.53. The molecule has 0 aromatic heterocycles. The monoisotopic (exact) mass is 327 g/mol. The van der Waals surface area contributed by atoms with E-state index in [9.17, 15) is 13.2 Å². The van der Waals surface area contributed by atoms with Gasteiger partial charge in [-0.2, -0.15) is 0 Å². The Labute approximate surface area is 130 Å². The molecule has 0 fully saturated rings. The van der Waals surface area contributed by atoms with Crippen molar-refractivity contribution >= 4 is 27.3 Å². The van der Waals surface area contributed by atoms with E-state index in [2.05, 4.69) is 13.2 Å². The van der Waals surface area contributed by atoms with E-state index < -0.39 is 21.5 Å². The molecule has 0 heterocycles. The van der Waals surface area contributed by atoms with Crippen molar-refractivity contribution < 1.29 is 13.2 Å². The van der Waals surface area contributed by atoms with Crippen LogP contribution in [0.5, 0.6) is 0 Å². The van der Waals surface area contributed by atoms with E-state index in [1.54, 1.807) is 36.4 Å². The highest BCUT2D eigenvalue weighted by molar-refractivity contribution is 7.91. The van der Waals surface area contributed by atoms with Gasteiger partial charge in [-0.25, -0.2) is 8.42 Å². The van der Waals surface area contributed by atoms with Crippen molar-refractivity contribution in [2.75, 3.05) is 18.8 Å². The molecule has 0 aliphatic carbocycles. The summed E-state index contributed by atoms with van der Waals surface area (Å²) in [5, 5.41) is 0.537. The number of benzene rings is 1. The molecule has 0 radical (unpaired) electrons. The number of carbonyl (C=O) groups is 1. The number of halogens is 1. The van der Waals surface area contributed by atoms with E-state index in [1.165, 1.54) is 4.90 Å². The average Bonchev–Trinajstić information content (AvgIpc) is 2.40. The van der Waals surface area contributed by atoms with Crippen molar-refractivity contribution in [3.8, 4) is 0 Å². The molecule has 1 aromatic rings. The Morgan fingerprint density at radius 3 is 2.14 bits per heavy atom. The van der Waals surface area contributed by atoms with Crippen molar-refractivity contribution in [2.45, 2.75) is 5.75 Å². The first-order valence-corrected chi connectivity index (χ1v) is 8.52. The molecule has 0 bridgehead atoms. The summed E-state index contributed by atoms with van der Waals surface area (Å²) in [5.74, 6) is -1.17. The van der Waals surface area contributed by atoms with Crippen molar-refractivity contribution in [1.82, 2.24) is 4.90 Å². The van der Waals surface area contributed by atoms with Crippen LogP contribution in [0, 0.1) is 0 Å². The zero-order chi connectivity index (χ0) is 15.9. The number of amides is 1. The molecule has 0 N–H and O–H groups in total. The molecular formula is C15H18ClNO3S. The maximum Gasteiger partial charge on any atom is 0.238 e. The molecule has 1 aromatic carbocycles. The van der Waals surface area contributed by atoms with Crippen LogP contribution in [0.15, 0.2) is 49.6 Å². The van der Waals surface area contributed by atoms with Crippen molar-refractivity contribution in [1.29, 1.82) is 0 Å². The molecule has 4 nitrogen and oxygen atoms in total. The zero-order valence-electron chi connectivity index (χ0n) is 11.7. The molecule has 0 aliphatic rings. The quantitative estimate of drug-likeness (QED) is 0.689. The SMILES string of the molecule is C=CCN(CC=C)C(=O)CS(=O)(=O)Cc1ccc(Cl)cc1. The summed E-state index contributed by atoms with van der Waals surface area (Å²) in [5.41, 5.74) is 0.603. The van der Waals surface area contributed by atoms with Crippen LogP contribution in [-0.2, 0) is 20.4 Å². The molecule has 0 saturated carbocycles. The van der Waals surface area contributed by atoms with Gasteiger partial charge in [0.2, 0.25) is 5.91 Å². The van der Waals surface area contributed by atoms with E-state index in [4.69, 9.17) is 11.6 Å². The highest BCUT2D eigenvalue weighted by Gasteiger charge is 2.21. The van der Waals surface area contributed by atoms with Crippen LogP contribution in [0.4, 0.5) is 0 Å². The summed E-state index contributed by atoms with van der Waals surface area (Å²) in [4.78, 5) is 13.4. The smallest absolute Gasteiger partial charge is 0.238 e. The number of nitrogens with zero attached hydrogens (tertiary/aromatic N) is 1. The summed E-state index contributed by atoms with van der Waals surface area (Å²) >= 11 is 5.75. The van der Waals surface area contributed by atoms with Gasteiger partial charge in [-0.1, -0.05) is 35.9 Å². The van der Waals surface area contributed by atoms with E-state index in [1.807, 2.05) is 0 Å². The molecule has 1 amide bonds. The summed E-state index contributed by atoms with van der Waals surface area (Å²) in [6.45, 7) is 7.68. The second-order valence-corrected chi connectivity index (χ2v) is 7.04. The Morgan fingerprint density at radius 1 is 1.14 bits per heavy atom. The van der Waals surface area contributed by atoms with Gasteiger partial charge in [-0.05, 0) is 17.7 Å². The van der Waals surface area contributed by atoms with Gasteiger partial charge >= 0.3 is 0 Å². The van der Waals surface area contributed by atoms with Crippen molar-refractivity contribution in [3.63, 3.8) is 0 Å². The minimum Gasteiger partial charge on any atom is -0.334 e. The third-order valence-corrected chi connectivity index (χ3v) is 4.41. The zero-order valence-corrected chi connectivity index (χ0v) is 13.2. The van der Waals surface area contributed by atoms with Gasteiger partial charge < -0.3 is 4.90 Å². The summed E-state index contributed by atoms with van der Waals surface area (Å²) in [7, 11) is -3.53. The topological polar surface area (TPSA) is 54.5 Å². The fraction of sp³-hybridized carbons (Fsp3) is 0.267. The Bertz CT molecular complexity index is 598. The molecule has 0 aliphatic heterocycles. The summed E-state index contributed by atoms with van der Waals surface area (Å²) < 4.78 is 24.2. The van der Waals surface area contributed by atoms with Gasteiger partial charge in [0, 0.05) is 18.1 Å². The van der Waals surface area contributed by atoms with Crippen LogP contribution in [-0.4, -0.2) is 38.1 Å². The molecule has 114 valence electrons. The fourth-order valence-electron chi connectivity index (χ4n) is 1.75. The minimum absolute atomic E-state index is 0.189. The van der Waals surface area contributed by atoms with Gasteiger partial charge in [-0.3, -0.25) is 4.79 Å². The highest BCUT2D eigenvalue weighted by Crippen LogP contribution is 2.12. The number of hydrogen-bond donors (Lipinski definition) is 0. The third-order valence-electron chi connectivity index (χ3n) is 2.69. The van der Waals surface area contributed by atoms with Crippen molar-refractivity contribution in [2.24, 2.45) is 0 Å². The Hall–Kier alpha value is -1.59. The number of rotatable bonds is 8. The predicted octanol–water partition coefficient (Wildman–Crippen LogP) is 2.46. The van der Waals surface area contributed by atoms with E-state index >= 15 is 0 Å². The summed E-state index contributed by atoms with van der Waals surface area (Å²) in [6, 6.07) is 6.51. The molecule has 6 heteroatoms. The molecule has 21 heavy (non-hydrogen) atoms. The first kappa shape index (κ1) is 17.5. The third kappa shape index (κ3) is 6.14. The largest absolute Gasteiger partial charge is 0.334 e. The lowest BCUT2D eigenvalue weighted by Crippen LogP contribution is -2.36. The predicted molar refractivity (Wildman–Crippen MR) is 85.9 cm³/mol. The lowest BCUT2D eigenvalue weighted by Gasteiger charge is -2.19. The number of carbonyl (C=O) groups excluding carboxylic acids is 1. The number of sulfone groups is 1. The van der Waals surface area contributed by atoms with Crippen LogP contribution in [0.2, 0.25) is 5.02 Å². The second-order valence-electron chi connectivity index (χ2n) is 4.53. The van der Waals surface area contributed by atoms with Crippen LogP contribution < -0.4 is 0 Å². The van der Waals surface area contributed by atoms with Crippen LogP contribution in [0.1, 0.15) is 5.56 Å². The maximum atomic E-state index is 12.1. The van der Waals surface area contributed by atoms with Crippen molar-refractivity contribution in [3.05, 3.63) is 60.2 Å². The number of hydrogen-bond acceptors (Lipinski definition) is 3. The standard InChI is InChI=1S/C15H18ClNO3S/c1-3-9-17(10-4-2)15(18)12-21(19,20)11-13-5-7-14(16)8-6-13/h3-8H,1-2,9-12H2. The summed E-state index contributed by atoms with van der Waals surface area (Å²) in [6.07, 6.45) is 3.10. The second kappa shape index (κ2) is 8.00. The van der Waals surface area contributed by atoms with Crippen LogP contribution in [0.3, 0.4) is 0 Å². The Balaban J connectivity index is 2.74. The van der Waals surface area contributed by atoms with Crippen LogP contribution in [0.25, 0.3) is 0 Å². The van der Waals surface area contributed by atoms with Gasteiger partial charge in [0.25, 0.3) is 0 Å². The fourth-order valence-corrected chi connectivity index (χ4v) is 3.24. The molecule has 0 unspecified atom stereocenters. The lowest BCUT2D eigenvalue weighted by atomic mass is 10.2. The molecule has 0 atom stereocenters. The maximum absolute atomic E-state index is 12.1. The average molecular weight is 328 g/mol. The van der Waals surface area contributed by atoms with Gasteiger partial charge in [0.05, 0.1) is 5.75 Å². The Morgan fingerprint density at radius 2 is 1.67 bits per heavy atom. The first-order valence-electron chi connectivity index (χ1n) is 6.32. The van der Waals surface area contributed by atoms with E-state index in [-0.39, 0.29) is 5.75 Å². The molecule has 0 spiro atoms. The van der Waals surface area contributed by atoms with Gasteiger partial charge in [0.1, 0.15) is 5.75 Å². The highest BCUT2D eigenvalue weighted by atomic mass is 35.5.